The van der Waals surface area contributed by atoms with E-state index in [-0.39, 0.29) is 47.8 Å². The summed E-state index contributed by atoms with van der Waals surface area (Å²) in [6.07, 6.45) is 0.464. The number of fused-ring (bicyclic) bond motifs is 1. The fraction of sp³-hybridized carbons (Fsp3) is 0.320. The van der Waals surface area contributed by atoms with Crippen molar-refractivity contribution in [3.05, 3.63) is 65.6 Å². The summed E-state index contributed by atoms with van der Waals surface area (Å²) >= 11 is 0. The van der Waals surface area contributed by atoms with Crippen molar-refractivity contribution >= 4 is 22.9 Å². The number of halogens is 1. The standard InChI is InChI=1S/C25H28FNO4.Na/c1-15(2)27-22(12-11-19(28)13-20(29)14-23(30)31)24(17-7-9-18(26)10-8-17)21-6-4-5-16(3)25(21)27;/h4-12,15,19-20,28-29H,13-14H2,1-3H3,(H,30,31);/q;+1/p-1/b12-11+;/t19-,20-;/m0./s1. The summed E-state index contributed by atoms with van der Waals surface area (Å²) < 4.78 is 15.7. The van der Waals surface area contributed by atoms with Gasteiger partial charge in [0.2, 0.25) is 0 Å². The largest absolute Gasteiger partial charge is 1.00 e. The molecule has 1 aromatic heterocycles. The van der Waals surface area contributed by atoms with Gasteiger partial charge in [-0.2, -0.15) is 0 Å². The molecule has 2 N–H and O–H groups in total. The van der Waals surface area contributed by atoms with Crippen LogP contribution in [0, 0.1) is 12.7 Å². The maximum atomic E-state index is 13.6. The molecule has 0 saturated carbocycles. The third kappa shape index (κ3) is 5.88. The Bertz CT molecular complexity index is 1110. The number of hydrogen-bond donors (Lipinski definition) is 2. The van der Waals surface area contributed by atoms with Crippen molar-refractivity contribution in [2.45, 2.75) is 51.9 Å². The summed E-state index contributed by atoms with van der Waals surface area (Å²) in [6.45, 7) is 6.17. The molecule has 0 bridgehead atoms. The van der Waals surface area contributed by atoms with Crippen molar-refractivity contribution in [2.75, 3.05) is 0 Å². The fourth-order valence-electron chi connectivity index (χ4n) is 4.01. The smallest absolute Gasteiger partial charge is 0.550 e. The first-order valence-corrected chi connectivity index (χ1v) is 10.3. The number of hydrogen-bond acceptors (Lipinski definition) is 4. The number of aliphatic hydroxyl groups is 2. The van der Waals surface area contributed by atoms with Crippen LogP contribution >= 0.6 is 0 Å². The van der Waals surface area contributed by atoms with Gasteiger partial charge in [0.1, 0.15) is 5.82 Å². The second-order valence-electron chi connectivity index (χ2n) is 8.09. The summed E-state index contributed by atoms with van der Waals surface area (Å²) in [4.78, 5) is 10.6. The summed E-state index contributed by atoms with van der Waals surface area (Å²) in [5.74, 6) is -1.68. The van der Waals surface area contributed by atoms with Crippen LogP contribution in [0.4, 0.5) is 4.39 Å². The molecule has 0 aliphatic heterocycles. The molecular weight excluding hydrogens is 420 g/mol. The first kappa shape index (κ1) is 26.3. The molecule has 2 aromatic carbocycles. The zero-order valence-electron chi connectivity index (χ0n) is 18.9. The van der Waals surface area contributed by atoms with E-state index in [2.05, 4.69) is 18.4 Å². The molecule has 164 valence electrons. The Labute approximate surface area is 209 Å². The van der Waals surface area contributed by atoms with Crippen molar-refractivity contribution in [2.24, 2.45) is 0 Å². The van der Waals surface area contributed by atoms with E-state index in [4.69, 9.17) is 0 Å². The molecule has 0 aliphatic carbocycles. The molecule has 3 aromatic rings. The van der Waals surface area contributed by atoms with Crippen molar-refractivity contribution in [3.63, 3.8) is 0 Å². The summed E-state index contributed by atoms with van der Waals surface area (Å²) in [5.41, 5.74) is 4.77. The number of para-hydroxylation sites is 1. The van der Waals surface area contributed by atoms with Crippen LogP contribution in [0.5, 0.6) is 0 Å². The van der Waals surface area contributed by atoms with Gasteiger partial charge < -0.3 is 24.7 Å². The van der Waals surface area contributed by atoms with Gasteiger partial charge >= 0.3 is 29.6 Å². The van der Waals surface area contributed by atoms with Gasteiger partial charge in [-0.15, -0.1) is 0 Å². The monoisotopic (exact) mass is 447 g/mol. The number of carbonyl (C=O) groups excluding carboxylic acids is 1. The Hall–Kier alpha value is -1.96. The van der Waals surface area contributed by atoms with Gasteiger partial charge in [0, 0.05) is 41.5 Å². The third-order valence-corrected chi connectivity index (χ3v) is 5.31. The maximum Gasteiger partial charge on any atom is 1.00 e. The number of aliphatic carboxylic acids is 1. The molecule has 0 spiro atoms. The van der Waals surface area contributed by atoms with Crippen molar-refractivity contribution < 1.29 is 54.1 Å². The van der Waals surface area contributed by atoms with Gasteiger partial charge in [-0.3, -0.25) is 0 Å². The van der Waals surface area contributed by atoms with Crippen LogP contribution in [0.1, 0.15) is 44.0 Å². The van der Waals surface area contributed by atoms with Gasteiger partial charge in [-0.1, -0.05) is 36.4 Å². The minimum Gasteiger partial charge on any atom is -0.550 e. The van der Waals surface area contributed by atoms with Crippen LogP contribution in [0.2, 0.25) is 0 Å². The number of benzene rings is 2. The van der Waals surface area contributed by atoms with Crippen molar-refractivity contribution in [3.8, 4) is 11.1 Å². The molecule has 0 unspecified atom stereocenters. The Morgan fingerprint density at radius 2 is 1.81 bits per heavy atom. The van der Waals surface area contributed by atoms with Crippen LogP contribution in [-0.2, 0) is 4.79 Å². The van der Waals surface area contributed by atoms with E-state index in [1.165, 1.54) is 12.1 Å². The SMILES string of the molecule is Cc1cccc2c(-c3ccc(F)cc3)c(/C=C/[C@H](O)C[C@H](O)CC(=O)[O-])n(C(C)C)c12.[Na+]. The van der Waals surface area contributed by atoms with Gasteiger partial charge in [0.05, 0.1) is 17.7 Å². The average Bonchev–Trinajstić information content (AvgIpc) is 3.02. The second kappa shape index (κ2) is 11.3. The van der Waals surface area contributed by atoms with Crippen LogP contribution in [0.25, 0.3) is 28.1 Å². The van der Waals surface area contributed by atoms with Crippen LogP contribution in [0.3, 0.4) is 0 Å². The van der Waals surface area contributed by atoms with E-state index >= 15 is 0 Å². The van der Waals surface area contributed by atoms with Crippen LogP contribution in [-0.4, -0.2) is 33.0 Å². The van der Waals surface area contributed by atoms with Gasteiger partial charge in [-0.05, 0) is 50.1 Å². The maximum absolute atomic E-state index is 13.6. The Kier molecular flexibility index (Phi) is 9.25. The number of rotatable bonds is 8. The topological polar surface area (TPSA) is 85.5 Å². The first-order chi connectivity index (χ1) is 14.7. The second-order valence-corrected chi connectivity index (χ2v) is 8.09. The summed E-state index contributed by atoms with van der Waals surface area (Å²) in [6, 6.07) is 12.4. The van der Waals surface area contributed by atoms with Gasteiger partial charge in [0.15, 0.2) is 0 Å². The van der Waals surface area contributed by atoms with Gasteiger partial charge in [-0.25, -0.2) is 4.39 Å². The molecule has 3 rings (SSSR count). The number of aromatic nitrogens is 1. The summed E-state index contributed by atoms with van der Waals surface area (Å²) in [7, 11) is 0. The normalized spacial score (nSPS) is 13.5. The molecular formula is C25H27FNNaO4. The zero-order chi connectivity index (χ0) is 22.7. The van der Waals surface area contributed by atoms with Gasteiger partial charge in [0.25, 0.3) is 0 Å². The Balaban J connectivity index is 0.00000363. The predicted octanol–water partition coefficient (Wildman–Crippen LogP) is 0.606. The van der Waals surface area contributed by atoms with Crippen molar-refractivity contribution in [1.82, 2.24) is 4.57 Å². The fourth-order valence-corrected chi connectivity index (χ4v) is 4.01. The molecule has 7 heteroatoms. The molecule has 0 aliphatic rings. The molecule has 0 saturated heterocycles. The molecule has 0 amide bonds. The molecule has 1 heterocycles. The average molecular weight is 447 g/mol. The summed E-state index contributed by atoms with van der Waals surface area (Å²) in [5, 5.41) is 31.8. The molecule has 32 heavy (non-hydrogen) atoms. The van der Waals surface area contributed by atoms with Crippen molar-refractivity contribution in [1.29, 1.82) is 0 Å². The minimum absolute atomic E-state index is 0. The Morgan fingerprint density at radius 3 is 2.41 bits per heavy atom. The first-order valence-electron chi connectivity index (χ1n) is 10.3. The number of nitrogens with zero attached hydrogens (tertiary/aromatic N) is 1. The predicted molar refractivity (Wildman–Crippen MR) is 118 cm³/mol. The van der Waals surface area contributed by atoms with E-state index in [1.54, 1.807) is 24.3 Å². The van der Waals surface area contributed by atoms with E-state index < -0.39 is 24.6 Å². The number of aryl methyl sites for hydroxylation is 1. The van der Waals surface area contributed by atoms with Crippen LogP contribution in [0.15, 0.2) is 48.5 Å². The minimum atomic E-state index is -1.36. The van der Waals surface area contributed by atoms with Crippen LogP contribution < -0.4 is 34.7 Å². The van der Waals surface area contributed by atoms with E-state index in [9.17, 15) is 24.5 Å². The Morgan fingerprint density at radius 1 is 1.16 bits per heavy atom. The quantitative estimate of drug-likeness (QED) is 0.496. The molecule has 0 radical (unpaired) electrons. The number of carbonyl (C=O) groups is 1. The molecule has 5 nitrogen and oxygen atoms in total. The molecule has 0 fully saturated rings. The van der Waals surface area contributed by atoms with E-state index in [1.807, 2.05) is 25.1 Å². The third-order valence-electron chi connectivity index (χ3n) is 5.31. The number of carboxylic acids is 1. The zero-order valence-corrected chi connectivity index (χ0v) is 20.9. The van der Waals surface area contributed by atoms with E-state index in [0.717, 1.165) is 33.3 Å². The number of aliphatic hydroxyl groups excluding tert-OH is 2. The number of carboxylic acid groups (broad SMARTS) is 1. The molecule has 2 atom stereocenters. The van der Waals surface area contributed by atoms with E-state index in [0.29, 0.717) is 0 Å².